The zero-order chi connectivity index (χ0) is 10.5. The minimum absolute atomic E-state index is 0. The zero-order valence-corrected chi connectivity index (χ0v) is 11.1. The minimum atomic E-state index is 0. The van der Waals surface area contributed by atoms with Gasteiger partial charge >= 0.3 is 0 Å². The number of aromatic nitrogens is 4. The Morgan fingerprint density at radius 3 is 2.81 bits per heavy atom. The van der Waals surface area contributed by atoms with Crippen LogP contribution in [0.4, 0.5) is 0 Å². The summed E-state index contributed by atoms with van der Waals surface area (Å²) in [6, 6.07) is 0. The fourth-order valence-corrected chi connectivity index (χ4v) is 2.78. The van der Waals surface area contributed by atoms with E-state index in [2.05, 4.69) is 20.8 Å². The first-order valence-corrected chi connectivity index (χ1v) is 6.40. The second-order valence-corrected chi connectivity index (χ2v) is 4.98. The first-order valence-electron chi connectivity index (χ1n) is 5.42. The van der Waals surface area contributed by atoms with Gasteiger partial charge in [0.05, 0.1) is 0 Å². The molecule has 1 aromatic rings. The summed E-state index contributed by atoms with van der Waals surface area (Å²) in [5.74, 6) is 2.01. The second kappa shape index (κ2) is 7.09. The van der Waals surface area contributed by atoms with Crippen molar-refractivity contribution in [2.75, 3.05) is 18.8 Å². The highest BCUT2D eigenvalue weighted by Gasteiger charge is 2.13. The van der Waals surface area contributed by atoms with E-state index >= 15 is 0 Å². The van der Waals surface area contributed by atoms with E-state index in [4.69, 9.17) is 0 Å². The van der Waals surface area contributed by atoms with E-state index < -0.39 is 0 Å². The van der Waals surface area contributed by atoms with Gasteiger partial charge in [0, 0.05) is 12.8 Å². The molecule has 0 amide bonds. The van der Waals surface area contributed by atoms with Crippen LogP contribution in [0, 0.1) is 5.92 Å². The normalized spacial score (nSPS) is 17.1. The Bertz CT molecular complexity index is 300. The van der Waals surface area contributed by atoms with Crippen LogP contribution in [-0.2, 0) is 7.05 Å². The van der Waals surface area contributed by atoms with E-state index in [1.807, 2.05) is 7.05 Å². The standard InChI is InChI=1S/C9H17N5S.ClH/c1-14-9(11-12-13-14)15-7-4-8-2-5-10-6-3-8;/h8,10H,2-7H2,1H3;1H. The molecular weight excluding hydrogens is 246 g/mol. The van der Waals surface area contributed by atoms with E-state index in [0.717, 1.165) is 16.8 Å². The third kappa shape index (κ3) is 3.92. The van der Waals surface area contributed by atoms with Crippen molar-refractivity contribution >= 4 is 24.2 Å². The molecule has 2 rings (SSSR count). The molecule has 0 atom stereocenters. The molecule has 0 aliphatic carbocycles. The molecule has 1 saturated heterocycles. The van der Waals surface area contributed by atoms with Crippen molar-refractivity contribution in [1.82, 2.24) is 25.5 Å². The number of thioether (sulfide) groups is 1. The molecular formula is C9H18ClN5S. The molecule has 0 bridgehead atoms. The molecule has 1 aliphatic rings. The van der Waals surface area contributed by atoms with Crippen molar-refractivity contribution in [3.63, 3.8) is 0 Å². The van der Waals surface area contributed by atoms with E-state index in [1.165, 1.54) is 32.4 Å². The van der Waals surface area contributed by atoms with Gasteiger partial charge in [0.15, 0.2) is 0 Å². The molecule has 0 spiro atoms. The maximum absolute atomic E-state index is 3.95. The molecule has 2 heterocycles. The number of tetrazole rings is 1. The largest absolute Gasteiger partial charge is 0.317 e. The molecule has 92 valence electrons. The van der Waals surface area contributed by atoms with Gasteiger partial charge in [0.25, 0.3) is 0 Å². The number of halogens is 1. The first kappa shape index (κ1) is 13.7. The molecule has 0 aromatic carbocycles. The third-order valence-corrected chi connectivity index (χ3v) is 3.84. The van der Waals surface area contributed by atoms with Crippen LogP contribution in [0.2, 0.25) is 0 Å². The Morgan fingerprint density at radius 2 is 2.19 bits per heavy atom. The van der Waals surface area contributed by atoms with Gasteiger partial charge in [-0.3, -0.25) is 0 Å². The Kier molecular flexibility index (Phi) is 6.08. The van der Waals surface area contributed by atoms with E-state index in [9.17, 15) is 0 Å². The maximum atomic E-state index is 3.95. The lowest BCUT2D eigenvalue weighted by atomic mass is 9.96. The number of hydrogen-bond acceptors (Lipinski definition) is 5. The number of nitrogens with zero attached hydrogens (tertiary/aromatic N) is 4. The SMILES string of the molecule is Cl.Cn1nnnc1SCCC1CCNCC1. The summed E-state index contributed by atoms with van der Waals surface area (Å²) in [6.07, 6.45) is 3.91. The van der Waals surface area contributed by atoms with E-state index in [0.29, 0.717) is 0 Å². The summed E-state index contributed by atoms with van der Waals surface area (Å²) in [5, 5.41) is 15.7. The molecule has 1 aromatic heterocycles. The van der Waals surface area contributed by atoms with Gasteiger partial charge in [0.1, 0.15) is 0 Å². The van der Waals surface area contributed by atoms with Crippen LogP contribution in [0.1, 0.15) is 19.3 Å². The van der Waals surface area contributed by atoms with Crippen LogP contribution in [-0.4, -0.2) is 39.0 Å². The maximum Gasteiger partial charge on any atom is 0.209 e. The Hall–Kier alpha value is -0.330. The average molecular weight is 264 g/mol. The molecule has 16 heavy (non-hydrogen) atoms. The van der Waals surface area contributed by atoms with Gasteiger partial charge in [-0.25, -0.2) is 4.68 Å². The number of rotatable bonds is 4. The van der Waals surface area contributed by atoms with Crippen molar-refractivity contribution in [2.24, 2.45) is 13.0 Å². The van der Waals surface area contributed by atoms with Crippen molar-refractivity contribution < 1.29 is 0 Å². The summed E-state index contributed by atoms with van der Waals surface area (Å²) < 4.78 is 1.73. The molecule has 7 heteroatoms. The zero-order valence-electron chi connectivity index (χ0n) is 9.43. The Balaban J connectivity index is 0.00000128. The minimum Gasteiger partial charge on any atom is -0.317 e. The summed E-state index contributed by atoms with van der Waals surface area (Å²) in [5.41, 5.74) is 0. The van der Waals surface area contributed by atoms with Gasteiger partial charge in [-0.15, -0.1) is 17.5 Å². The van der Waals surface area contributed by atoms with Gasteiger partial charge in [-0.1, -0.05) is 11.8 Å². The fourth-order valence-electron chi connectivity index (χ4n) is 1.83. The predicted molar refractivity (Wildman–Crippen MR) is 67.0 cm³/mol. The van der Waals surface area contributed by atoms with Crippen LogP contribution < -0.4 is 5.32 Å². The second-order valence-electron chi connectivity index (χ2n) is 3.92. The Morgan fingerprint density at radius 1 is 1.44 bits per heavy atom. The lowest BCUT2D eigenvalue weighted by Crippen LogP contribution is -2.27. The van der Waals surface area contributed by atoms with Crippen LogP contribution in [0.5, 0.6) is 0 Å². The molecule has 0 saturated carbocycles. The van der Waals surface area contributed by atoms with E-state index in [1.54, 1.807) is 16.4 Å². The molecule has 5 nitrogen and oxygen atoms in total. The average Bonchev–Trinajstić information content (AvgIpc) is 2.66. The summed E-state index contributed by atoms with van der Waals surface area (Å²) in [4.78, 5) is 0. The lowest BCUT2D eigenvalue weighted by Gasteiger charge is -2.21. The smallest absolute Gasteiger partial charge is 0.209 e. The van der Waals surface area contributed by atoms with Gasteiger partial charge in [0.2, 0.25) is 5.16 Å². The number of piperidine rings is 1. The summed E-state index contributed by atoms with van der Waals surface area (Å²) >= 11 is 1.75. The van der Waals surface area contributed by atoms with E-state index in [-0.39, 0.29) is 12.4 Å². The highest BCUT2D eigenvalue weighted by molar-refractivity contribution is 7.99. The molecule has 1 aliphatic heterocycles. The monoisotopic (exact) mass is 263 g/mol. The van der Waals surface area contributed by atoms with Crippen LogP contribution in [0.3, 0.4) is 0 Å². The predicted octanol–water partition coefficient (Wildman–Crippen LogP) is 1.11. The van der Waals surface area contributed by atoms with Crippen molar-refractivity contribution in [3.05, 3.63) is 0 Å². The highest BCUT2D eigenvalue weighted by Crippen LogP contribution is 2.21. The van der Waals surface area contributed by atoms with Crippen molar-refractivity contribution in [3.8, 4) is 0 Å². The third-order valence-electron chi connectivity index (χ3n) is 2.80. The van der Waals surface area contributed by atoms with Crippen molar-refractivity contribution in [2.45, 2.75) is 24.4 Å². The van der Waals surface area contributed by atoms with Crippen LogP contribution in [0.15, 0.2) is 5.16 Å². The quantitative estimate of drug-likeness (QED) is 0.825. The topological polar surface area (TPSA) is 55.6 Å². The fraction of sp³-hybridized carbons (Fsp3) is 0.889. The van der Waals surface area contributed by atoms with Gasteiger partial charge in [-0.05, 0) is 48.7 Å². The molecule has 0 unspecified atom stereocenters. The highest BCUT2D eigenvalue weighted by atomic mass is 35.5. The summed E-state index contributed by atoms with van der Waals surface area (Å²) in [7, 11) is 1.88. The lowest BCUT2D eigenvalue weighted by molar-refractivity contribution is 0.367. The van der Waals surface area contributed by atoms with Gasteiger partial charge < -0.3 is 5.32 Å². The van der Waals surface area contributed by atoms with Crippen molar-refractivity contribution in [1.29, 1.82) is 0 Å². The van der Waals surface area contributed by atoms with Crippen LogP contribution in [0.25, 0.3) is 0 Å². The van der Waals surface area contributed by atoms with Crippen LogP contribution >= 0.6 is 24.2 Å². The Labute approximate surface area is 106 Å². The number of hydrogen-bond donors (Lipinski definition) is 1. The first-order chi connectivity index (χ1) is 7.36. The molecule has 0 radical (unpaired) electrons. The molecule has 1 fully saturated rings. The number of nitrogens with one attached hydrogen (secondary N) is 1. The summed E-state index contributed by atoms with van der Waals surface area (Å²) in [6.45, 7) is 2.36. The van der Waals surface area contributed by atoms with Gasteiger partial charge in [-0.2, -0.15) is 0 Å². The molecule has 1 N–H and O–H groups in total. The number of aryl methyl sites for hydroxylation is 1.